The molecule has 9 rings (SSSR count). The molecule has 0 atom stereocenters. The molecule has 1 aromatic heterocycles. The Labute approximate surface area is 297 Å². The number of benzene rings is 7. The zero-order valence-electron chi connectivity index (χ0n) is 27.6. The van der Waals surface area contributed by atoms with Gasteiger partial charge < -0.3 is 0 Å². The van der Waals surface area contributed by atoms with E-state index in [0.29, 0.717) is 23.0 Å². The SMILES string of the molecule is N#Cc1ccc(-c2ccc3c(c2)-c2cc(-c4nc(-c5ccccc5)nc(-c5ccccc5)n4)ccc2C3(c2ccccc2)c2ccccc2)cc1. The molecule has 4 nitrogen and oxygen atoms in total. The lowest BCUT2D eigenvalue weighted by atomic mass is 9.67. The van der Waals surface area contributed by atoms with Gasteiger partial charge in [0.2, 0.25) is 0 Å². The van der Waals surface area contributed by atoms with E-state index in [-0.39, 0.29) is 0 Å². The van der Waals surface area contributed by atoms with Gasteiger partial charge in [0.25, 0.3) is 0 Å². The van der Waals surface area contributed by atoms with Gasteiger partial charge in [-0.05, 0) is 68.8 Å². The maximum atomic E-state index is 9.43. The van der Waals surface area contributed by atoms with Gasteiger partial charge in [0.1, 0.15) is 0 Å². The summed E-state index contributed by atoms with van der Waals surface area (Å²) in [6.07, 6.45) is 0. The van der Waals surface area contributed by atoms with Crippen LogP contribution in [0.3, 0.4) is 0 Å². The standard InChI is InChI=1S/C47H30N4/c48-31-32-21-23-33(24-22-32)36-25-27-42-40(29-36)41-30-37(26-28-43(41)47(42,38-17-9-3-10-18-38)39-19-11-4-12-20-39)46-50-44(34-13-5-1-6-14-34)49-45(51-46)35-15-7-2-8-16-35/h1-30H. The monoisotopic (exact) mass is 650 g/mol. The summed E-state index contributed by atoms with van der Waals surface area (Å²) in [4.78, 5) is 15.1. The van der Waals surface area contributed by atoms with Crippen molar-refractivity contribution in [1.29, 1.82) is 5.26 Å². The molecule has 0 radical (unpaired) electrons. The summed E-state index contributed by atoms with van der Waals surface area (Å²) in [5, 5.41) is 9.43. The molecule has 1 aliphatic rings. The zero-order valence-corrected chi connectivity index (χ0v) is 27.6. The number of nitrogens with zero attached hydrogens (tertiary/aromatic N) is 4. The fraction of sp³-hybridized carbons (Fsp3) is 0.0213. The largest absolute Gasteiger partial charge is 0.208 e. The number of hydrogen-bond donors (Lipinski definition) is 0. The van der Waals surface area contributed by atoms with Crippen LogP contribution in [0.15, 0.2) is 182 Å². The molecule has 0 unspecified atom stereocenters. The Kier molecular flexibility index (Phi) is 7.38. The van der Waals surface area contributed by atoms with Crippen molar-refractivity contribution in [3.63, 3.8) is 0 Å². The maximum Gasteiger partial charge on any atom is 0.164 e. The Hall–Kier alpha value is -6.96. The molecule has 51 heavy (non-hydrogen) atoms. The molecule has 4 heteroatoms. The molecule has 0 spiro atoms. The summed E-state index contributed by atoms with van der Waals surface area (Å²) in [6.45, 7) is 0. The Bertz CT molecular complexity index is 2460. The lowest BCUT2D eigenvalue weighted by molar-refractivity contribution is 0.768. The molecule has 1 aliphatic carbocycles. The van der Waals surface area contributed by atoms with E-state index in [2.05, 4.69) is 103 Å². The quantitative estimate of drug-likeness (QED) is 0.180. The van der Waals surface area contributed by atoms with Crippen LogP contribution in [0, 0.1) is 11.3 Å². The second-order valence-corrected chi connectivity index (χ2v) is 12.7. The third-order valence-electron chi connectivity index (χ3n) is 9.86. The van der Waals surface area contributed by atoms with Crippen molar-refractivity contribution in [3.8, 4) is 62.5 Å². The van der Waals surface area contributed by atoms with Crippen LogP contribution in [-0.4, -0.2) is 15.0 Å². The predicted molar refractivity (Wildman–Crippen MR) is 204 cm³/mol. The topological polar surface area (TPSA) is 62.5 Å². The molecule has 238 valence electrons. The third kappa shape index (κ3) is 5.12. The number of fused-ring (bicyclic) bond motifs is 3. The Morgan fingerprint density at radius 2 is 0.765 bits per heavy atom. The number of rotatable bonds is 6. The summed E-state index contributed by atoms with van der Waals surface area (Å²) < 4.78 is 0. The van der Waals surface area contributed by atoms with E-state index in [1.165, 1.54) is 22.3 Å². The molecule has 0 saturated heterocycles. The lowest BCUT2D eigenvalue weighted by Crippen LogP contribution is -2.28. The van der Waals surface area contributed by atoms with Gasteiger partial charge in [0.05, 0.1) is 17.0 Å². The third-order valence-corrected chi connectivity index (χ3v) is 9.86. The second-order valence-electron chi connectivity index (χ2n) is 12.7. The van der Waals surface area contributed by atoms with Crippen LogP contribution in [0.4, 0.5) is 0 Å². The van der Waals surface area contributed by atoms with Crippen LogP contribution in [0.5, 0.6) is 0 Å². The van der Waals surface area contributed by atoms with Crippen molar-refractivity contribution < 1.29 is 0 Å². The van der Waals surface area contributed by atoms with E-state index in [9.17, 15) is 5.26 Å². The van der Waals surface area contributed by atoms with Gasteiger partial charge in [-0.1, -0.05) is 158 Å². The van der Waals surface area contributed by atoms with Crippen LogP contribution in [-0.2, 0) is 5.41 Å². The minimum atomic E-state index is -0.543. The highest BCUT2D eigenvalue weighted by molar-refractivity contribution is 5.90. The number of nitriles is 1. The van der Waals surface area contributed by atoms with Crippen LogP contribution < -0.4 is 0 Å². The van der Waals surface area contributed by atoms with Crippen LogP contribution in [0.25, 0.3) is 56.4 Å². The molecule has 8 aromatic rings. The first-order valence-electron chi connectivity index (χ1n) is 17.0. The van der Waals surface area contributed by atoms with Crippen molar-refractivity contribution in [2.75, 3.05) is 0 Å². The van der Waals surface area contributed by atoms with Crippen molar-refractivity contribution in [1.82, 2.24) is 15.0 Å². The predicted octanol–water partition coefficient (Wildman–Crippen LogP) is 10.8. The van der Waals surface area contributed by atoms with Gasteiger partial charge in [-0.25, -0.2) is 15.0 Å². The summed E-state index contributed by atoms with van der Waals surface area (Å²) in [5.74, 6) is 1.88. The van der Waals surface area contributed by atoms with Crippen LogP contribution in [0.1, 0.15) is 27.8 Å². The smallest absolute Gasteiger partial charge is 0.164 e. The van der Waals surface area contributed by atoms with Crippen molar-refractivity contribution in [3.05, 3.63) is 210 Å². The van der Waals surface area contributed by atoms with E-state index >= 15 is 0 Å². The normalized spacial score (nSPS) is 12.5. The Balaban J connectivity index is 1.31. The van der Waals surface area contributed by atoms with Crippen LogP contribution >= 0.6 is 0 Å². The highest BCUT2D eigenvalue weighted by Gasteiger charge is 2.46. The zero-order chi connectivity index (χ0) is 34.2. The van der Waals surface area contributed by atoms with E-state index < -0.39 is 5.41 Å². The first-order valence-corrected chi connectivity index (χ1v) is 17.0. The van der Waals surface area contributed by atoms with Crippen molar-refractivity contribution in [2.45, 2.75) is 5.41 Å². The first-order chi connectivity index (χ1) is 25.2. The maximum absolute atomic E-state index is 9.43. The van der Waals surface area contributed by atoms with Crippen LogP contribution in [0.2, 0.25) is 0 Å². The summed E-state index contributed by atoms with van der Waals surface area (Å²) >= 11 is 0. The molecule has 7 aromatic carbocycles. The fourth-order valence-electron chi connectivity index (χ4n) is 7.49. The van der Waals surface area contributed by atoms with E-state index in [0.717, 1.165) is 38.9 Å². The molecule has 0 N–H and O–H groups in total. The van der Waals surface area contributed by atoms with Gasteiger partial charge in [-0.3, -0.25) is 0 Å². The minimum Gasteiger partial charge on any atom is -0.208 e. The Morgan fingerprint density at radius 3 is 1.24 bits per heavy atom. The van der Waals surface area contributed by atoms with Crippen molar-refractivity contribution >= 4 is 0 Å². The fourth-order valence-corrected chi connectivity index (χ4v) is 7.49. The first kappa shape index (κ1) is 30.1. The minimum absolute atomic E-state index is 0.543. The summed E-state index contributed by atoms with van der Waals surface area (Å²) in [6, 6.07) is 65.2. The highest BCUT2D eigenvalue weighted by Crippen LogP contribution is 2.57. The second kappa shape index (κ2) is 12.5. The molecule has 0 amide bonds. The summed E-state index contributed by atoms with van der Waals surface area (Å²) in [5.41, 5.74) is 12.1. The molecular formula is C47H30N4. The van der Waals surface area contributed by atoms with E-state index in [1.807, 2.05) is 84.9 Å². The van der Waals surface area contributed by atoms with Gasteiger partial charge >= 0.3 is 0 Å². The molecule has 0 aliphatic heterocycles. The van der Waals surface area contributed by atoms with E-state index in [1.54, 1.807) is 0 Å². The molecule has 0 fully saturated rings. The molecular weight excluding hydrogens is 621 g/mol. The molecule has 0 saturated carbocycles. The molecule has 1 heterocycles. The van der Waals surface area contributed by atoms with Crippen molar-refractivity contribution in [2.24, 2.45) is 0 Å². The average molecular weight is 651 g/mol. The molecule has 0 bridgehead atoms. The van der Waals surface area contributed by atoms with Gasteiger partial charge in [-0.15, -0.1) is 0 Å². The number of aromatic nitrogens is 3. The van der Waals surface area contributed by atoms with Gasteiger partial charge in [0.15, 0.2) is 17.5 Å². The van der Waals surface area contributed by atoms with Gasteiger partial charge in [-0.2, -0.15) is 5.26 Å². The summed E-state index contributed by atoms with van der Waals surface area (Å²) in [7, 11) is 0. The number of hydrogen-bond acceptors (Lipinski definition) is 4. The lowest BCUT2D eigenvalue weighted by Gasteiger charge is -2.34. The Morgan fingerprint density at radius 1 is 0.373 bits per heavy atom. The van der Waals surface area contributed by atoms with Gasteiger partial charge in [0, 0.05) is 16.7 Å². The highest BCUT2D eigenvalue weighted by atomic mass is 15.0. The average Bonchev–Trinajstić information content (AvgIpc) is 3.52. The van der Waals surface area contributed by atoms with E-state index in [4.69, 9.17) is 15.0 Å².